The van der Waals surface area contributed by atoms with E-state index in [1.807, 2.05) is 0 Å². The summed E-state index contributed by atoms with van der Waals surface area (Å²) in [6.45, 7) is 0. The summed E-state index contributed by atoms with van der Waals surface area (Å²) in [5.41, 5.74) is -0.141. The summed E-state index contributed by atoms with van der Waals surface area (Å²) in [5.74, 6) is 1.67. The first-order valence-corrected chi connectivity index (χ1v) is 5.23. The van der Waals surface area contributed by atoms with Gasteiger partial charge in [-0.2, -0.15) is 5.26 Å². The van der Waals surface area contributed by atoms with Crippen molar-refractivity contribution in [2.45, 2.75) is 32.1 Å². The molecule has 0 N–H and O–H groups in total. The maximum Gasteiger partial charge on any atom is 0.140 e. The molecule has 0 saturated heterocycles. The largest absolute Gasteiger partial charge is 0.299 e. The normalized spacial score (nSPS) is 52.2. The van der Waals surface area contributed by atoms with E-state index in [1.165, 1.54) is 6.42 Å². The van der Waals surface area contributed by atoms with Crippen molar-refractivity contribution in [2.24, 2.45) is 23.2 Å². The Morgan fingerprint density at radius 2 is 2.31 bits per heavy atom. The minimum Gasteiger partial charge on any atom is -0.299 e. The molecule has 4 rings (SSSR count). The second kappa shape index (κ2) is 2.15. The molecule has 13 heavy (non-hydrogen) atoms. The molecular formula is C11H13NO. The van der Waals surface area contributed by atoms with Crippen LogP contribution in [0.1, 0.15) is 32.1 Å². The standard InChI is InChI=1S/C11H13NO/c12-6-9-7-4-5-11(9)8(7)2-1-3-10(11)13/h7-9H,1-5H2/t7-,8-,9-,11-/m0/s1. The maximum atomic E-state index is 11.9. The third-order valence-electron chi connectivity index (χ3n) is 4.63. The fraction of sp³-hybridized carbons (Fsp3) is 0.818. The summed E-state index contributed by atoms with van der Waals surface area (Å²) in [6, 6.07) is 2.36. The maximum absolute atomic E-state index is 11.9. The topological polar surface area (TPSA) is 40.9 Å². The minimum atomic E-state index is -0.141. The molecule has 4 atom stereocenters. The van der Waals surface area contributed by atoms with Gasteiger partial charge in [0.15, 0.2) is 0 Å². The summed E-state index contributed by atoms with van der Waals surface area (Å²) in [7, 11) is 0. The summed E-state index contributed by atoms with van der Waals surface area (Å²) >= 11 is 0. The number of hydrogen-bond acceptors (Lipinski definition) is 2. The van der Waals surface area contributed by atoms with Crippen molar-refractivity contribution in [1.29, 1.82) is 5.26 Å². The molecule has 4 saturated carbocycles. The van der Waals surface area contributed by atoms with Crippen LogP contribution >= 0.6 is 0 Å². The second-order valence-corrected chi connectivity index (χ2v) is 4.77. The van der Waals surface area contributed by atoms with Crippen LogP contribution < -0.4 is 0 Å². The van der Waals surface area contributed by atoms with Gasteiger partial charge in [-0.3, -0.25) is 4.79 Å². The third-order valence-corrected chi connectivity index (χ3v) is 4.63. The number of fused-ring (bicyclic) bond motifs is 1. The summed E-state index contributed by atoms with van der Waals surface area (Å²) in [4.78, 5) is 11.9. The van der Waals surface area contributed by atoms with Gasteiger partial charge in [-0.1, -0.05) is 0 Å². The van der Waals surface area contributed by atoms with Crippen molar-refractivity contribution in [1.82, 2.24) is 0 Å². The monoisotopic (exact) mass is 175 g/mol. The molecule has 4 aliphatic carbocycles. The number of carbonyl (C=O) groups is 1. The molecule has 0 aromatic carbocycles. The van der Waals surface area contributed by atoms with Gasteiger partial charge in [-0.25, -0.2) is 0 Å². The molecule has 0 aromatic rings. The molecule has 4 aliphatic rings. The first kappa shape index (κ1) is 7.55. The molecule has 0 aliphatic heterocycles. The molecule has 0 aromatic heterocycles. The molecule has 0 radical (unpaired) electrons. The van der Waals surface area contributed by atoms with Crippen LogP contribution in [0.2, 0.25) is 0 Å². The van der Waals surface area contributed by atoms with Crippen LogP contribution in [0.15, 0.2) is 0 Å². The Labute approximate surface area is 77.9 Å². The van der Waals surface area contributed by atoms with E-state index in [2.05, 4.69) is 6.07 Å². The average Bonchev–Trinajstić information content (AvgIpc) is 2.66. The Morgan fingerprint density at radius 3 is 3.08 bits per heavy atom. The highest BCUT2D eigenvalue weighted by atomic mass is 16.1. The van der Waals surface area contributed by atoms with Crippen molar-refractivity contribution in [3.05, 3.63) is 0 Å². The molecule has 1 spiro atoms. The van der Waals surface area contributed by atoms with Crippen LogP contribution in [-0.4, -0.2) is 5.78 Å². The zero-order chi connectivity index (χ0) is 9.05. The van der Waals surface area contributed by atoms with Crippen LogP contribution in [0.25, 0.3) is 0 Å². The zero-order valence-electron chi connectivity index (χ0n) is 7.62. The van der Waals surface area contributed by atoms with Crippen LogP contribution in [0.3, 0.4) is 0 Å². The van der Waals surface area contributed by atoms with Crippen LogP contribution in [-0.2, 0) is 4.79 Å². The third kappa shape index (κ3) is 0.611. The van der Waals surface area contributed by atoms with Crippen LogP contribution in [0.5, 0.6) is 0 Å². The average molecular weight is 175 g/mol. The lowest BCUT2D eigenvalue weighted by molar-refractivity contribution is -0.150. The van der Waals surface area contributed by atoms with Crippen molar-refractivity contribution in [3.63, 3.8) is 0 Å². The lowest BCUT2D eigenvalue weighted by Gasteiger charge is -2.53. The molecule has 2 bridgehead atoms. The van der Waals surface area contributed by atoms with E-state index in [0.717, 1.165) is 25.7 Å². The van der Waals surface area contributed by atoms with E-state index in [0.29, 0.717) is 17.6 Å². The Morgan fingerprint density at radius 1 is 1.46 bits per heavy atom. The van der Waals surface area contributed by atoms with Gasteiger partial charge in [0, 0.05) is 11.8 Å². The predicted molar refractivity (Wildman–Crippen MR) is 46.6 cm³/mol. The molecule has 2 nitrogen and oxygen atoms in total. The predicted octanol–water partition coefficient (Wildman–Crippen LogP) is 1.91. The highest BCUT2D eigenvalue weighted by molar-refractivity contribution is 5.88. The number of nitrogens with zero attached hydrogens (tertiary/aromatic N) is 1. The fourth-order valence-electron chi connectivity index (χ4n) is 4.14. The van der Waals surface area contributed by atoms with Gasteiger partial charge in [0.2, 0.25) is 0 Å². The molecular weight excluding hydrogens is 162 g/mol. The highest BCUT2D eigenvalue weighted by Crippen LogP contribution is 2.70. The summed E-state index contributed by atoms with van der Waals surface area (Å²) in [6.07, 6.45) is 5.16. The minimum absolute atomic E-state index is 0.0882. The second-order valence-electron chi connectivity index (χ2n) is 4.77. The number of nitriles is 1. The van der Waals surface area contributed by atoms with Crippen molar-refractivity contribution >= 4 is 5.78 Å². The molecule has 0 amide bonds. The number of Topliss-reactive ketones (excluding diaryl/α,β-unsaturated/α-hetero) is 1. The number of hydrogen-bond donors (Lipinski definition) is 0. The first-order chi connectivity index (χ1) is 6.30. The summed E-state index contributed by atoms with van der Waals surface area (Å²) in [5, 5.41) is 9.02. The van der Waals surface area contributed by atoms with Crippen LogP contribution in [0.4, 0.5) is 0 Å². The van der Waals surface area contributed by atoms with Crippen molar-refractivity contribution < 1.29 is 4.79 Å². The van der Waals surface area contributed by atoms with Crippen molar-refractivity contribution in [2.75, 3.05) is 0 Å². The van der Waals surface area contributed by atoms with E-state index in [1.54, 1.807) is 0 Å². The van der Waals surface area contributed by atoms with Gasteiger partial charge in [-0.05, 0) is 37.5 Å². The quantitative estimate of drug-likeness (QED) is 0.564. The van der Waals surface area contributed by atoms with E-state index >= 15 is 0 Å². The number of rotatable bonds is 0. The Hall–Kier alpha value is -0.840. The van der Waals surface area contributed by atoms with Crippen LogP contribution in [0, 0.1) is 34.5 Å². The first-order valence-electron chi connectivity index (χ1n) is 5.23. The zero-order valence-corrected chi connectivity index (χ0v) is 7.62. The SMILES string of the molecule is N#C[C@H]1[C@H]2CC[C@@]13C(=O)CCC[C@@H]23. The molecule has 68 valence electrons. The molecule has 0 heterocycles. The lowest BCUT2D eigenvalue weighted by atomic mass is 9.47. The van der Waals surface area contributed by atoms with E-state index in [4.69, 9.17) is 5.26 Å². The Bertz CT molecular complexity index is 317. The molecule has 4 fully saturated rings. The molecule has 0 unspecified atom stereocenters. The Kier molecular flexibility index (Phi) is 1.25. The summed E-state index contributed by atoms with van der Waals surface area (Å²) < 4.78 is 0. The van der Waals surface area contributed by atoms with Gasteiger partial charge >= 0.3 is 0 Å². The number of carbonyl (C=O) groups excluding carboxylic acids is 1. The Balaban J connectivity index is 2.03. The van der Waals surface area contributed by atoms with E-state index < -0.39 is 0 Å². The highest BCUT2D eigenvalue weighted by Gasteiger charge is 2.70. The smallest absolute Gasteiger partial charge is 0.140 e. The van der Waals surface area contributed by atoms with Gasteiger partial charge in [0.25, 0.3) is 0 Å². The van der Waals surface area contributed by atoms with E-state index in [-0.39, 0.29) is 11.3 Å². The lowest BCUT2D eigenvalue weighted by Crippen LogP contribution is -2.56. The van der Waals surface area contributed by atoms with Gasteiger partial charge < -0.3 is 0 Å². The fourth-order valence-corrected chi connectivity index (χ4v) is 4.14. The van der Waals surface area contributed by atoms with Crippen molar-refractivity contribution in [3.8, 4) is 6.07 Å². The van der Waals surface area contributed by atoms with Gasteiger partial charge in [0.05, 0.1) is 12.0 Å². The molecule has 2 heteroatoms. The van der Waals surface area contributed by atoms with E-state index in [9.17, 15) is 4.79 Å². The van der Waals surface area contributed by atoms with Gasteiger partial charge in [-0.15, -0.1) is 0 Å². The van der Waals surface area contributed by atoms with Gasteiger partial charge in [0.1, 0.15) is 5.78 Å². The number of ketones is 1.